The first-order valence-electron chi connectivity index (χ1n) is 11.1. The van der Waals surface area contributed by atoms with Crippen molar-refractivity contribution in [1.82, 2.24) is 4.90 Å². The minimum absolute atomic E-state index is 0. The number of allylic oxidation sites excluding steroid dienone is 1. The van der Waals surface area contributed by atoms with E-state index in [2.05, 4.69) is 18.0 Å². The van der Waals surface area contributed by atoms with E-state index in [-0.39, 0.29) is 8.27 Å². The van der Waals surface area contributed by atoms with Crippen molar-refractivity contribution in [1.29, 1.82) is 0 Å². The summed E-state index contributed by atoms with van der Waals surface area (Å²) in [6.45, 7) is 2.17. The maximum atomic E-state index is 12.6. The Hall–Kier alpha value is -1.53. The Morgan fingerprint density at radius 2 is 1.74 bits per heavy atom. The molecule has 1 aromatic rings. The van der Waals surface area contributed by atoms with Crippen molar-refractivity contribution in [2.75, 3.05) is 41.0 Å². The van der Waals surface area contributed by atoms with Gasteiger partial charge in [-0.25, -0.2) is 4.57 Å². The van der Waals surface area contributed by atoms with Crippen molar-refractivity contribution in [2.24, 2.45) is 11.3 Å². The van der Waals surface area contributed by atoms with Crippen LogP contribution in [0.4, 0.5) is 0 Å². The highest BCUT2D eigenvalue weighted by atomic mass is 31.2. The van der Waals surface area contributed by atoms with Crippen molar-refractivity contribution in [3.8, 4) is 11.5 Å². The molecule has 3 fully saturated rings. The maximum absolute atomic E-state index is 12.6. The molecule has 31 heavy (non-hydrogen) atoms. The van der Waals surface area contributed by atoms with Crippen LogP contribution in [0.25, 0.3) is 0 Å². The van der Waals surface area contributed by atoms with Crippen LogP contribution in [0.15, 0.2) is 36.1 Å². The molecule has 0 amide bonds. The zero-order valence-corrected chi connectivity index (χ0v) is 19.6. The molecule has 7 nitrogen and oxygen atoms in total. The number of hydrogen-bond acceptors (Lipinski definition) is 7. The molecule has 2 atom stereocenters. The number of hydrogen-bond donors (Lipinski definition) is 0. The molecule has 2 heterocycles. The molecular formula is C23H38NO6P. The van der Waals surface area contributed by atoms with Crippen LogP contribution in [-0.4, -0.2) is 52.0 Å². The molecule has 0 bridgehead atoms. The van der Waals surface area contributed by atoms with Gasteiger partial charge in [0, 0.05) is 20.7 Å². The van der Waals surface area contributed by atoms with Gasteiger partial charge in [-0.2, -0.15) is 0 Å². The van der Waals surface area contributed by atoms with Gasteiger partial charge in [-0.05, 0) is 63.4 Å². The van der Waals surface area contributed by atoms with Gasteiger partial charge in [-0.15, -0.1) is 0 Å². The largest absolute Gasteiger partial charge is 0.529 e. The molecule has 1 spiro atoms. The van der Waals surface area contributed by atoms with E-state index < -0.39 is 7.82 Å². The van der Waals surface area contributed by atoms with Gasteiger partial charge in [0.25, 0.3) is 0 Å². The smallest absolute Gasteiger partial charge is 0.493 e. The van der Waals surface area contributed by atoms with Crippen LogP contribution in [0.5, 0.6) is 11.5 Å². The first-order valence-corrected chi connectivity index (χ1v) is 12.6. The zero-order valence-electron chi connectivity index (χ0n) is 18.7. The molecule has 176 valence electrons. The number of fused-ring (bicyclic) bond motifs is 1. The molecule has 0 aromatic heterocycles. The molecule has 1 aromatic carbocycles. The van der Waals surface area contributed by atoms with Crippen molar-refractivity contribution in [3.63, 3.8) is 0 Å². The molecule has 2 aliphatic carbocycles. The summed E-state index contributed by atoms with van der Waals surface area (Å²) >= 11 is 0. The van der Waals surface area contributed by atoms with E-state index in [1.807, 2.05) is 24.3 Å². The quantitative estimate of drug-likeness (QED) is 0.554. The van der Waals surface area contributed by atoms with Crippen LogP contribution in [0.2, 0.25) is 0 Å². The average Bonchev–Trinajstić information content (AvgIpc) is 3.13. The normalized spacial score (nSPS) is 28.4. The first-order chi connectivity index (χ1) is 15.0. The first kappa shape index (κ1) is 22.7. The highest BCUT2D eigenvalue weighted by Gasteiger charge is 2.48. The topological polar surface area (TPSA) is 66.5 Å². The van der Waals surface area contributed by atoms with Gasteiger partial charge >= 0.3 is 7.82 Å². The summed E-state index contributed by atoms with van der Waals surface area (Å²) < 4.78 is 39.3. The standard InChI is InChI=1S/C15H24NO4P.C8H10O2.2H2/c1-16-8-5-12-3-4-13(9-14(12)16)20-21(17)18-10-15(11-19-21)6-2-7-15;1-9-7-5-3-4-6-8(7)10-2;;/h9,12,14H,2-8,10-11H2,1H3;3-6H,1-2H3;2*1H. The van der Waals surface area contributed by atoms with E-state index in [4.69, 9.17) is 23.0 Å². The van der Waals surface area contributed by atoms with E-state index >= 15 is 0 Å². The number of phosphoric acid groups is 1. The second-order valence-electron chi connectivity index (χ2n) is 8.99. The van der Waals surface area contributed by atoms with E-state index in [0.29, 0.717) is 19.3 Å². The van der Waals surface area contributed by atoms with Crippen LogP contribution >= 0.6 is 7.82 Å². The molecule has 2 aliphatic heterocycles. The van der Waals surface area contributed by atoms with Gasteiger partial charge in [0.1, 0.15) is 5.76 Å². The fourth-order valence-corrected chi connectivity index (χ4v) is 6.25. The highest BCUT2D eigenvalue weighted by molar-refractivity contribution is 7.48. The minimum atomic E-state index is -3.38. The number of nitrogens with zero attached hydrogens (tertiary/aromatic N) is 1. The van der Waals surface area contributed by atoms with Gasteiger partial charge in [0.2, 0.25) is 0 Å². The van der Waals surface area contributed by atoms with E-state index in [0.717, 1.165) is 55.4 Å². The fraction of sp³-hybridized carbons (Fsp3) is 0.652. The SMILES string of the molecule is CN1CCC2CCC(OP3(=O)OCC4(CCC4)CO3)=CC21.COc1ccccc1OC.[HH].[HH]. The number of likely N-dealkylation sites (N-methyl/N-ethyl adjacent to an activating group) is 1. The lowest BCUT2D eigenvalue weighted by Gasteiger charge is -2.45. The molecule has 0 radical (unpaired) electrons. The van der Waals surface area contributed by atoms with Crippen LogP contribution < -0.4 is 9.47 Å². The Kier molecular flexibility index (Phi) is 6.97. The van der Waals surface area contributed by atoms with Crippen LogP contribution in [0, 0.1) is 11.3 Å². The number of phosphoric ester groups is 1. The molecule has 2 unspecified atom stereocenters. The van der Waals surface area contributed by atoms with Crippen molar-refractivity contribution >= 4 is 7.82 Å². The van der Waals surface area contributed by atoms with E-state index in [9.17, 15) is 4.57 Å². The number of likely N-dealkylation sites (tertiary alicyclic amines) is 1. The van der Waals surface area contributed by atoms with E-state index in [1.54, 1.807) is 14.2 Å². The van der Waals surface area contributed by atoms with Crippen molar-refractivity contribution in [2.45, 2.75) is 44.6 Å². The molecule has 0 N–H and O–H groups in total. The summed E-state index contributed by atoms with van der Waals surface area (Å²) in [5.41, 5.74) is 0.120. The summed E-state index contributed by atoms with van der Waals surface area (Å²) in [6, 6.07) is 7.95. The highest BCUT2D eigenvalue weighted by Crippen LogP contribution is 2.60. The van der Waals surface area contributed by atoms with Crippen molar-refractivity contribution < 1.29 is 30.5 Å². The monoisotopic (exact) mass is 455 g/mol. The Morgan fingerprint density at radius 1 is 1.10 bits per heavy atom. The predicted molar refractivity (Wildman–Crippen MR) is 122 cm³/mol. The molecule has 2 saturated heterocycles. The summed E-state index contributed by atoms with van der Waals surface area (Å²) in [6.07, 6.45) is 8.77. The van der Waals surface area contributed by atoms with Crippen LogP contribution in [0.3, 0.4) is 0 Å². The molecule has 4 aliphatic rings. The van der Waals surface area contributed by atoms with Gasteiger partial charge in [0.05, 0.1) is 27.4 Å². The number of methoxy groups -OCH3 is 2. The number of benzene rings is 1. The molecule has 1 saturated carbocycles. The third-order valence-corrected chi connectivity index (χ3v) is 8.30. The van der Waals surface area contributed by atoms with Gasteiger partial charge < -0.3 is 14.0 Å². The summed E-state index contributed by atoms with van der Waals surface area (Å²) in [5, 5.41) is 0. The second kappa shape index (κ2) is 9.53. The number of rotatable bonds is 4. The molecule has 8 heteroatoms. The predicted octanol–water partition coefficient (Wildman–Crippen LogP) is 5.52. The Labute approximate surface area is 188 Å². The molecular weight excluding hydrogens is 417 g/mol. The van der Waals surface area contributed by atoms with Gasteiger partial charge in [-0.1, -0.05) is 18.6 Å². The fourth-order valence-electron chi connectivity index (χ4n) is 4.77. The lowest BCUT2D eigenvalue weighted by molar-refractivity contribution is -0.0548. The second-order valence-corrected chi connectivity index (χ2v) is 10.6. The van der Waals surface area contributed by atoms with E-state index in [1.165, 1.54) is 12.8 Å². The van der Waals surface area contributed by atoms with Crippen LogP contribution in [-0.2, 0) is 18.1 Å². The van der Waals surface area contributed by atoms with Gasteiger partial charge in [-0.3, -0.25) is 13.9 Å². The van der Waals surface area contributed by atoms with Gasteiger partial charge in [0.15, 0.2) is 11.5 Å². The summed E-state index contributed by atoms with van der Waals surface area (Å²) in [7, 11) is 2.00. The Balaban J connectivity index is 0.000000276. The lowest BCUT2D eigenvalue weighted by atomic mass is 9.70. The molecule has 5 rings (SSSR count). The Morgan fingerprint density at radius 3 is 2.29 bits per heavy atom. The third-order valence-electron chi connectivity index (χ3n) is 6.95. The third kappa shape index (κ3) is 5.11. The number of para-hydroxylation sites is 2. The zero-order chi connectivity index (χ0) is 21.9. The average molecular weight is 456 g/mol. The minimum Gasteiger partial charge on any atom is -0.493 e. The lowest BCUT2D eigenvalue weighted by Crippen LogP contribution is -2.41. The Bertz CT molecular complexity index is 813. The van der Waals surface area contributed by atoms with Crippen LogP contribution in [0.1, 0.15) is 41.4 Å². The maximum Gasteiger partial charge on any atom is 0.529 e. The van der Waals surface area contributed by atoms with Crippen molar-refractivity contribution in [3.05, 3.63) is 36.1 Å². The summed E-state index contributed by atoms with van der Waals surface area (Å²) in [5.74, 6) is 3.04. The summed E-state index contributed by atoms with van der Waals surface area (Å²) in [4.78, 5) is 2.34. The number of ether oxygens (including phenoxy) is 2.